The molecular formula is C14H22N2O. The zero-order chi connectivity index (χ0) is 11.9. The van der Waals surface area contributed by atoms with Gasteiger partial charge in [0.25, 0.3) is 0 Å². The predicted octanol–water partition coefficient (Wildman–Crippen LogP) is 2.64. The normalized spacial score (nSPS) is 20.6. The summed E-state index contributed by atoms with van der Waals surface area (Å²) in [5, 5.41) is 7.03. The third-order valence-electron chi connectivity index (χ3n) is 3.09. The molecule has 1 aromatic rings. The summed E-state index contributed by atoms with van der Waals surface area (Å²) in [6.45, 7) is 4.99. The zero-order valence-corrected chi connectivity index (χ0v) is 10.5. The van der Waals surface area contributed by atoms with Crippen molar-refractivity contribution in [3.8, 4) is 5.75 Å². The molecule has 1 saturated heterocycles. The molecule has 3 heteroatoms. The average Bonchev–Trinajstić information content (AvgIpc) is 2.59. The van der Waals surface area contributed by atoms with E-state index >= 15 is 0 Å². The SMILES string of the molecule is CCOc1cccc(NC2CCCNCC2)c1. The van der Waals surface area contributed by atoms with Gasteiger partial charge in [-0.2, -0.15) is 0 Å². The lowest BCUT2D eigenvalue weighted by Crippen LogP contribution is -2.21. The molecule has 0 amide bonds. The first-order valence-electron chi connectivity index (χ1n) is 6.58. The fraction of sp³-hybridized carbons (Fsp3) is 0.571. The molecule has 1 aromatic carbocycles. The number of benzene rings is 1. The van der Waals surface area contributed by atoms with Gasteiger partial charge in [0.1, 0.15) is 5.75 Å². The molecule has 1 atom stereocenters. The highest BCUT2D eigenvalue weighted by molar-refractivity contribution is 5.48. The first-order chi connectivity index (χ1) is 8.38. The van der Waals surface area contributed by atoms with E-state index in [2.05, 4.69) is 22.8 Å². The average molecular weight is 234 g/mol. The van der Waals surface area contributed by atoms with Crippen molar-refractivity contribution in [1.82, 2.24) is 5.32 Å². The summed E-state index contributed by atoms with van der Waals surface area (Å²) in [5.41, 5.74) is 1.17. The van der Waals surface area contributed by atoms with E-state index in [4.69, 9.17) is 4.74 Å². The molecule has 0 bridgehead atoms. The van der Waals surface area contributed by atoms with Crippen LogP contribution in [0, 0.1) is 0 Å². The van der Waals surface area contributed by atoms with Gasteiger partial charge in [0, 0.05) is 17.8 Å². The Bertz CT molecular complexity index is 333. The molecule has 1 fully saturated rings. The minimum absolute atomic E-state index is 0.585. The highest BCUT2D eigenvalue weighted by Gasteiger charge is 2.11. The summed E-state index contributed by atoms with van der Waals surface area (Å²) in [7, 11) is 0. The Kier molecular flexibility index (Phi) is 4.68. The molecule has 1 unspecified atom stereocenters. The molecule has 0 saturated carbocycles. The Morgan fingerprint density at radius 3 is 3.18 bits per heavy atom. The maximum Gasteiger partial charge on any atom is 0.121 e. The molecule has 1 aliphatic rings. The van der Waals surface area contributed by atoms with E-state index in [9.17, 15) is 0 Å². The van der Waals surface area contributed by atoms with Crippen molar-refractivity contribution in [3.05, 3.63) is 24.3 Å². The monoisotopic (exact) mass is 234 g/mol. The highest BCUT2D eigenvalue weighted by Crippen LogP contribution is 2.20. The smallest absolute Gasteiger partial charge is 0.121 e. The van der Waals surface area contributed by atoms with Crippen LogP contribution < -0.4 is 15.4 Å². The first-order valence-corrected chi connectivity index (χ1v) is 6.58. The van der Waals surface area contributed by atoms with Crippen LogP contribution in [0.2, 0.25) is 0 Å². The Morgan fingerprint density at radius 2 is 2.29 bits per heavy atom. The van der Waals surface area contributed by atoms with Gasteiger partial charge < -0.3 is 15.4 Å². The molecule has 0 aliphatic carbocycles. The largest absolute Gasteiger partial charge is 0.494 e. The molecule has 3 nitrogen and oxygen atoms in total. The number of hydrogen-bond acceptors (Lipinski definition) is 3. The summed E-state index contributed by atoms with van der Waals surface area (Å²) in [4.78, 5) is 0. The third-order valence-corrected chi connectivity index (χ3v) is 3.09. The van der Waals surface area contributed by atoms with Crippen molar-refractivity contribution in [2.75, 3.05) is 25.0 Å². The predicted molar refractivity (Wildman–Crippen MR) is 71.7 cm³/mol. The topological polar surface area (TPSA) is 33.3 Å². The molecule has 94 valence electrons. The molecule has 2 N–H and O–H groups in total. The van der Waals surface area contributed by atoms with Crippen molar-refractivity contribution < 1.29 is 4.74 Å². The van der Waals surface area contributed by atoms with Crippen molar-refractivity contribution in [3.63, 3.8) is 0 Å². The van der Waals surface area contributed by atoms with E-state index < -0.39 is 0 Å². The lowest BCUT2D eigenvalue weighted by molar-refractivity contribution is 0.340. The van der Waals surface area contributed by atoms with E-state index in [1.54, 1.807) is 0 Å². The van der Waals surface area contributed by atoms with Crippen LogP contribution in [0.4, 0.5) is 5.69 Å². The van der Waals surface area contributed by atoms with Crippen LogP contribution in [0.25, 0.3) is 0 Å². The highest BCUT2D eigenvalue weighted by atomic mass is 16.5. The van der Waals surface area contributed by atoms with Crippen LogP contribution in [0.3, 0.4) is 0 Å². The molecule has 2 rings (SSSR count). The maximum atomic E-state index is 5.51. The second-order valence-electron chi connectivity index (χ2n) is 4.48. The molecular weight excluding hydrogens is 212 g/mol. The van der Waals surface area contributed by atoms with Crippen LogP contribution in [0.5, 0.6) is 5.75 Å². The van der Waals surface area contributed by atoms with Gasteiger partial charge in [-0.15, -0.1) is 0 Å². The van der Waals surface area contributed by atoms with Crippen LogP contribution in [-0.2, 0) is 0 Å². The van der Waals surface area contributed by atoms with E-state index in [-0.39, 0.29) is 0 Å². The Balaban J connectivity index is 1.94. The van der Waals surface area contributed by atoms with Gasteiger partial charge in [0.05, 0.1) is 6.61 Å². The first kappa shape index (κ1) is 12.2. The van der Waals surface area contributed by atoms with E-state index in [0.29, 0.717) is 6.04 Å². The summed E-state index contributed by atoms with van der Waals surface area (Å²) in [5.74, 6) is 0.948. The number of ether oxygens (including phenoxy) is 1. The van der Waals surface area contributed by atoms with Crippen LogP contribution in [0.1, 0.15) is 26.2 Å². The fourth-order valence-corrected chi connectivity index (χ4v) is 2.24. The Morgan fingerprint density at radius 1 is 1.35 bits per heavy atom. The lowest BCUT2D eigenvalue weighted by Gasteiger charge is -2.17. The number of hydrogen-bond donors (Lipinski definition) is 2. The number of nitrogens with one attached hydrogen (secondary N) is 2. The summed E-state index contributed by atoms with van der Waals surface area (Å²) >= 11 is 0. The van der Waals surface area contributed by atoms with Crippen molar-refractivity contribution in [2.24, 2.45) is 0 Å². The Hall–Kier alpha value is -1.22. The van der Waals surface area contributed by atoms with Gasteiger partial charge in [0.15, 0.2) is 0 Å². The van der Waals surface area contributed by atoms with E-state index in [1.807, 2.05) is 19.1 Å². The minimum Gasteiger partial charge on any atom is -0.494 e. The summed E-state index contributed by atoms with van der Waals surface area (Å²) in [6.07, 6.45) is 3.69. The molecule has 1 aliphatic heterocycles. The number of rotatable bonds is 4. The molecule has 0 aromatic heterocycles. The van der Waals surface area contributed by atoms with E-state index in [1.165, 1.54) is 24.9 Å². The van der Waals surface area contributed by atoms with E-state index in [0.717, 1.165) is 25.4 Å². The summed E-state index contributed by atoms with van der Waals surface area (Å²) in [6, 6.07) is 8.83. The second-order valence-corrected chi connectivity index (χ2v) is 4.48. The van der Waals surface area contributed by atoms with Crippen molar-refractivity contribution >= 4 is 5.69 Å². The van der Waals surface area contributed by atoms with Crippen LogP contribution in [0.15, 0.2) is 24.3 Å². The molecule has 0 radical (unpaired) electrons. The fourth-order valence-electron chi connectivity index (χ4n) is 2.24. The molecule has 17 heavy (non-hydrogen) atoms. The van der Waals surface area contributed by atoms with Gasteiger partial charge in [-0.3, -0.25) is 0 Å². The lowest BCUT2D eigenvalue weighted by atomic mass is 10.1. The maximum absolute atomic E-state index is 5.51. The number of anilines is 1. The second kappa shape index (κ2) is 6.50. The molecule has 1 heterocycles. The standard InChI is InChI=1S/C14H22N2O/c1-2-17-14-7-3-5-13(11-14)16-12-6-4-9-15-10-8-12/h3,5,7,11-12,15-16H,2,4,6,8-10H2,1H3. The van der Waals surface area contributed by atoms with Crippen molar-refractivity contribution in [2.45, 2.75) is 32.2 Å². The van der Waals surface area contributed by atoms with Crippen LogP contribution in [-0.4, -0.2) is 25.7 Å². The molecule has 0 spiro atoms. The summed E-state index contributed by atoms with van der Waals surface area (Å²) < 4.78 is 5.51. The van der Waals surface area contributed by atoms with Gasteiger partial charge in [0.2, 0.25) is 0 Å². The van der Waals surface area contributed by atoms with Crippen LogP contribution >= 0.6 is 0 Å². The van der Waals surface area contributed by atoms with Crippen molar-refractivity contribution in [1.29, 1.82) is 0 Å². The quantitative estimate of drug-likeness (QED) is 0.840. The Labute approximate surface area is 104 Å². The van der Waals surface area contributed by atoms with Gasteiger partial charge >= 0.3 is 0 Å². The third kappa shape index (κ3) is 3.93. The van der Waals surface area contributed by atoms with Gasteiger partial charge in [-0.05, 0) is 51.4 Å². The van der Waals surface area contributed by atoms with Gasteiger partial charge in [-0.1, -0.05) is 6.07 Å². The zero-order valence-electron chi connectivity index (χ0n) is 10.5. The minimum atomic E-state index is 0.585. The van der Waals surface area contributed by atoms with Gasteiger partial charge in [-0.25, -0.2) is 0 Å².